The lowest BCUT2D eigenvalue weighted by Gasteiger charge is -2.32. The third-order valence-electron chi connectivity index (χ3n) is 7.08. The van der Waals surface area contributed by atoms with E-state index in [9.17, 15) is 9.59 Å². The molecule has 7 heteroatoms. The first kappa shape index (κ1) is 28.5. The van der Waals surface area contributed by atoms with Crippen molar-refractivity contribution >= 4 is 23.4 Å². The second kappa shape index (κ2) is 14.6. The number of carbonyl (C=O) groups excluding carboxylic acids is 2. The van der Waals surface area contributed by atoms with Gasteiger partial charge in [-0.1, -0.05) is 66.9 Å². The van der Waals surface area contributed by atoms with E-state index < -0.39 is 6.04 Å². The van der Waals surface area contributed by atoms with E-state index >= 15 is 0 Å². The highest BCUT2D eigenvalue weighted by atomic mass is 35.5. The Morgan fingerprint density at radius 1 is 0.949 bits per heavy atom. The molecule has 1 unspecified atom stereocenters. The smallest absolute Gasteiger partial charge is 0.243 e. The van der Waals surface area contributed by atoms with Crippen LogP contribution in [0.3, 0.4) is 0 Å². The molecule has 1 aliphatic rings. The van der Waals surface area contributed by atoms with Crippen LogP contribution in [0.15, 0.2) is 78.9 Å². The lowest BCUT2D eigenvalue weighted by molar-refractivity contribution is -0.141. The molecule has 1 atom stereocenters. The van der Waals surface area contributed by atoms with E-state index in [1.165, 1.54) is 0 Å². The molecule has 0 aliphatic heterocycles. The summed E-state index contributed by atoms with van der Waals surface area (Å²) in [5, 5.41) is 3.89. The monoisotopic (exact) mass is 548 g/mol. The zero-order chi connectivity index (χ0) is 27.5. The number of halogens is 1. The van der Waals surface area contributed by atoms with Gasteiger partial charge in [0.1, 0.15) is 17.5 Å². The van der Waals surface area contributed by atoms with E-state index in [1.807, 2.05) is 66.7 Å². The Morgan fingerprint density at radius 3 is 2.38 bits per heavy atom. The fourth-order valence-electron chi connectivity index (χ4n) is 4.98. The van der Waals surface area contributed by atoms with Gasteiger partial charge in [-0.15, -0.1) is 0 Å². The van der Waals surface area contributed by atoms with Gasteiger partial charge in [0.25, 0.3) is 0 Å². The Balaban J connectivity index is 1.52. The largest absolute Gasteiger partial charge is 0.497 e. The summed E-state index contributed by atoms with van der Waals surface area (Å²) in [6.45, 7) is 0.696. The molecule has 6 nitrogen and oxygen atoms in total. The van der Waals surface area contributed by atoms with Gasteiger partial charge in [0.15, 0.2) is 0 Å². The summed E-state index contributed by atoms with van der Waals surface area (Å²) in [5.41, 5.74) is 1.92. The van der Waals surface area contributed by atoms with Crippen LogP contribution in [0.4, 0.5) is 0 Å². The van der Waals surface area contributed by atoms with Crippen LogP contribution in [0, 0.1) is 0 Å². The number of nitrogens with one attached hydrogen (secondary N) is 1. The minimum atomic E-state index is -0.635. The lowest BCUT2D eigenvalue weighted by Crippen LogP contribution is -2.52. The Hall–Kier alpha value is -3.51. The maximum atomic E-state index is 13.8. The number of ether oxygens (including phenoxy) is 2. The predicted molar refractivity (Wildman–Crippen MR) is 154 cm³/mol. The van der Waals surface area contributed by atoms with Crippen LogP contribution in [0.5, 0.6) is 11.5 Å². The zero-order valence-corrected chi connectivity index (χ0v) is 23.2. The first-order valence-electron chi connectivity index (χ1n) is 13.7. The molecule has 1 aliphatic carbocycles. The van der Waals surface area contributed by atoms with Crippen molar-refractivity contribution in [2.75, 3.05) is 13.7 Å². The molecule has 206 valence electrons. The number of carbonyl (C=O) groups is 2. The fourth-order valence-corrected chi connectivity index (χ4v) is 5.10. The molecule has 2 amide bonds. The van der Waals surface area contributed by atoms with Crippen LogP contribution >= 0.6 is 11.6 Å². The van der Waals surface area contributed by atoms with Crippen LogP contribution in [-0.4, -0.2) is 42.5 Å². The molecule has 1 fully saturated rings. The number of hydrogen-bond donors (Lipinski definition) is 1. The van der Waals surface area contributed by atoms with Crippen LogP contribution in [0.2, 0.25) is 5.02 Å². The van der Waals surface area contributed by atoms with Gasteiger partial charge in [-0.3, -0.25) is 9.59 Å². The Bertz CT molecular complexity index is 1200. The van der Waals surface area contributed by atoms with Crippen molar-refractivity contribution in [2.24, 2.45) is 0 Å². The minimum absolute atomic E-state index is 0.0833. The van der Waals surface area contributed by atoms with Crippen molar-refractivity contribution in [1.82, 2.24) is 10.2 Å². The molecule has 0 radical (unpaired) electrons. The summed E-state index contributed by atoms with van der Waals surface area (Å²) in [6.07, 6.45) is 5.43. The van der Waals surface area contributed by atoms with E-state index in [2.05, 4.69) is 5.32 Å². The average molecular weight is 549 g/mol. The SMILES string of the molecule is COc1cccc(CN(C(=O)CCCOc2ccc(Cl)cc2)C(Cc2ccccc2)C(=O)NC2CCCC2)c1. The van der Waals surface area contributed by atoms with Crippen molar-refractivity contribution < 1.29 is 19.1 Å². The first-order valence-corrected chi connectivity index (χ1v) is 14.0. The van der Waals surface area contributed by atoms with Crippen LogP contribution in [-0.2, 0) is 22.6 Å². The number of hydrogen-bond acceptors (Lipinski definition) is 4. The Kier molecular flexibility index (Phi) is 10.7. The molecular weight excluding hydrogens is 512 g/mol. The van der Waals surface area contributed by atoms with Gasteiger partial charge in [-0.2, -0.15) is 0 Å². The van der Waals surface area contributed by atoms with Gasteiger partial charge in [-0.25, -0.2) is 0 Å². The molecule has 4 rings (SSSR count). The molecule has 0 heterocycles. The lowest BCUT2D eigenvalue weighted by atomic mass is 10.0. The van der Waals surface area contributed by atoms with E-state index in [4.69, 9.17) is 21.1 Å². The van der Waals surface area contributed by atoms with Crippen molar-refractivity contribution in [1.29, 1.82) is 0 Å². The quantitative estimate of drug-likeness (QED) is 0.258. The molecule has 0 spiro atoms. The molecule has 39 heavy (non-hydrogen) atoms. The van der Waals surface area contributed by atoms with E-state index in [0.717, 1.165) is 36.8 Å². The molecule has 0 saturated heterocycles. The topological polar surface area (TPSA) is 67.9 Å². The summed E-state index contributed by atoms with van der Waals surface area (Å²) in [4.78, 5) is 29.2. The second-order valence-corrected chi connectivity index (χ2v) is 10.4. The van der Waals surface area contributed by atoms with Crippen molar-refractivity contribution in [2.45, 2.75) is 63.6 Å². The van der Waals surface area contributed by atoms with E-state index in [1.54, 1.807) is 24.1 Å². The summed E-state index contributed by atoms with van der Waals surface area (Å²) in [6, 6.07) is 24.2. The fraction of sp³-hybridized carbons (Fsp3) is 0.375. The molecule has 1 saturated carbocycles. The van der Waals surface area contributed by atoms with Crippen LogP contribution < -0.4 is 14.8 Å². The maximum absolute atomic E-state index is 13.8. The summed E-state index contributed by atoms with van der Waals surface area (Å²) >= 11 is 5.96. The highest BCUT2D eigenvalue weighted by Crippen LogP contribution is 2.22. The summed E-state index contributed by atoms with van der Waals surface area (Å²) in [7, 11) is 1.62. The Labute approximate surface area is 236 Å². The number of rotatable bonds is 13. The summed E-state index contributed by atoms with van der Waals surface area (Å²) in [5.74, 6) is 1.24. The second-order valence-electron chi connectivity index (χ2n) is 9.97. The number of benzene rings is 3. The minimum Gasteiger partial charge on any atom is -0.497 e. The van der Waals surface area contributed by atoms with E-state index in [-0.39, 0.29) is 24.3 Å². The highest BCUT2D eigenvalue weighted by Gasteiger charge is 2.32. The standard InChI is InChI=1S/C32H37ClN2O4/c1-38-29-14-7-11-25(21-29)23-35(31(36)15-8-20-39-28-18-16-26(33)17-19-28)30(22-24-9-3-2-4-10-24)32(37)34-27-12-5-6-13-27/h2-4,7,9-11,14,16-19,21,27,30H,5-6,8,12-13,15,20,22-23H2,1H3,(H,34,37). The molecule has 0 bridgehead atoms. The predicted octanol–water partition coefficient (Wildman–Crippen LogP) is 6.21. The molecule has 0 aromatic heterocycles. The third-order valence-corrected chi connectivity index (χ3v) is 7.33. The van der Waals surface area contributed by atoms with E-state index in [0.29, 0.717) is 42.5 Å². The van der Waals surface area contributed by atoms with Gasteiger partial charge < -0.3 is 19.7 Å². The molecule has 1 N–H and O–H groups in total. The molecular formula is C32H37ClN2O4. The number of nitrogens with zero attached hydrogens (tertiary/aromatic N) is 1. The van der Waals surface area contributed by atoms with Crippen molar-refractivity contribution in [3.8, 4) is 11.5 Å². The molecule has 3 aromatic carbocycles. The zero-order valence-electron chi connectivity index (χ0n) is 22.5. The van der Waals surface area contributed by atoms with Gasteiger partial charge in [0, 0.05) is 30.5 Å². The molecule has 3 aromatic rings. The van der Waals surface area contributed by atoms with Crippen LogP contribution in [0.1, 0.15) is 49.7 Å². The Morgan fingerprint density at radius 2 is 1.67 bits per heavy atom. The third kappa shape index (κ3) is 8.75. The maximum Gasteiger partial charge on any atom is 0.243 e. The van der Waals surface area contributed by atoms with Gasteiger partial charge in [0.2, 0.25) is 11.8 Å². The van der Waals surface area contributed by atoms with Gasteiger partial charge in [0.05, 0.1) is 13.7 Å². The summed E-state index contributed by atoms with van der Waals surface area (Å²) < 4.78 is 11.2. The number of amides is 2. The highest BCUT2D eigenvalue weighted by molar-refractivity contribution is 6.30. The van der Waals surface area contributed by atoms with Gasteiger partial charge >= 0.3 is 0 Å². The van der Waals surface area contributed by atoms with Crippen molar-refractivity contribution in [3.63, 3.8) is 0 Å². The number of methoxy groups -OCH3 is 1. The first-order chi connectivity index (χ1) is 19.0. The van der Waals surface area contributed by atoms with Crippen molar-refractivity contribution in [3.05, 3.63) is 95.0 Å². The van der Waals surface area contributed by atoms with Gasteiger partial charge in [-0.05, 0) is 66.8 Å². The normalized spacial score (nSPS) is 14.0. The average Bonchev–Trinajstić information content (AvgIpc) is 3.47. The van der Waals surface area contributed by atoms with Crippen LogP contribution in [0.25, 0.3) is 0 Å².